The van der Waals surface area contributed by atoms with Crippen molar-refractivity contribution in [1.29, 1.82) is 0 Å². The highest BCUT2D eigenvalue weighted by Gasteiger charge is 2.16. The van der Waals surface area contributed by atoms with Crippen LogP contribution in [-0.4, -0.2) is 59.5 Å². The van der Waals surface area contributed by atoms with E-state index in [0.717, 1.165) is 37.2 Å². The lowest BCUT2D eigenvalue weighted by molar-refractivity contribution is -0.122. The molecule has 0 bridgehead atoms. The molecule has 6 heteroatoms. The summed E-state index contributed by atoms with van der Waals surface area (Å²) in [5.41, 5.74) is 3.50. The Morgan fingerprint density at radius 1 is 1.29 bits per heavy atom. The van der Waals surface area contributed by atoms with Crippen molar-refractivity contribution >= 4 is 11.5 Å². The smallest absolute Gasteiger partial charge is 0.234 e. The van der Waals surface area contributed by atoms with Crippen LogP contribution in [0, 0.1) is 0 Å². The highest BCUT2D eigenvalue weighted by molar-refractivity contribution is 5.78. The van der Waals surface area contributed by atoms with Crippen LogP contribution in [0.3, 0.4) is 0 Å². The summed E-state index contributed by atoms with van der Waals surface area (Å²) in [5, 5.41) is 7.45. The van der Waals surface area contributed by atoms with E-state index >= 15 is 0 Å². The lowest BCUT2D eigenvalue weighted by Gasteiger charge is -2.25. The number of benzene rings is 1. The number of rotatable bonds is 9. The number of hydrogen-bond acceptors (Lipinski definition) is 4. The number of para-hydroxylation sites is 1. The summed E-state index contributed by atoms with van der Waals surface area (Å²) in [4.78, 5) is 14.3. The molecular formula is C22H30N4O2. The molecule has 2 aromatic rings. The molecule has 1 aliphatic heterocycles. The number of carbonyl (C=O) groups excluding carboxylic acids is 1. The summed E-state index contributed by atoms with van der Waals surface area (Å²) in [6.07, 6.45) is 8.21. The van der Waals surface area contributed by atoms with E-state index < -0.39 is 0 Å². The van der Waals surface area contributed by atoms with E-state index in [4.69, 9.17) is 4.74 Å². The van der Waals surface area contributed by atoms with Gasteiger partial charge in [0.05, 0.1) is 24.5 Å². The fourth-order valence-electron chi connectivity index (χ4n) is 3.21. The third-order valence-corrected chi connectivity index (χ3v) is 4.73. The quantitative estimate of drug-likeness (QED) is 0.678. The van der Waals surface area contributed by atoms with Crippen molar-refractivity contribution in [3.8, 4) is 5.69 Å². The summed E-state index contributed by atoms with van der Waals surface area (Å²) in [5.74, 6) is 0.0818. The Balaban J connectivity index is 1.43. The molecule has 0 unspecified atom stereocenters. The predicted molar refractivity (Wildman–Crippen MR) is 111 cm³/mol. The number of carbonyl (C=O) groups is 1. The molecule has 0 aliphatic carbocycles. The molecule has 1 amide bonds. The Morgan fingerprint density at radius 3 is 2.82 bits per heavy atom. The van der Waals surface area contributed by atoms with E-state index in [1.165, 1.54) is 5.57 Å². The van der Waals surface area contributed by atoms with Gasteiger partial charge in [-0.15, -0.1) is 0 Å². The fraction of sp³-hybridized carbons (Fsp3) is 0.455. The highest BCUT2D eigenvalue weighted by atomic mass is 16.5. The lowest BCUT2D eigenvalue weighted by atomic mass is 10.0. The number of hydrogen-bond donors (Lipinski definition) is 1. The van der Waals surface area contributed by atoms with Gasteiger partial charge in [-0.2, -0.15) is 5.10 Å². The van der Waals surface area contributed by atoms with E-state index in [0.29, 0.717) is 19.7 Å². The van der Waals surface area contributed by atoms with Gasteiger partial charge in [0.15, 0.2) is 0 Å². The zero-order chi connectivity index (χ0) is 19.8. The van der Waals surface area contributed by atoms with E-state index in [-0.39, 0.29) is 12.0 Å². The van der Waals surface area contributed by atoms with Crippen molar-refractivity contribution in [2.45, 2.75) is 32.8 Å². The largest absolute Gasteiger partial charge is 0.379 e. The van der Waals surface area contributed by atoms with Gasteiger partial charge in [0, 0.05) is 38.0 Å². The molecule has 0 saturated heterocycles. The van der Waals surface area contributed by atoms with Gasteiger partial charge < -0.3 is 10.1 Å². The second kappa shape index (κ2) is 10.2. The first-order valence-corrected chi connectivity index (χ1v) is 10.0. The average molecular weight is 383 g/mol. The molecule has 150 valence electrons. The molecule has 0 spiro atoms. The maximum Gasteiger partial charge on any atom is 0.234 e. The highest BCUT2D eigenvalue weighted by Crippen LogP contribution is 2.22. The Kier molecular flexibility index (Phi) is 7.39. The molecule has 0 fully saturated rings. The number of nitrogens with zero attached hydrogens (tertiary/aromatic N) is 3. The van der Waals surface area contributed by atoms with Crippen molar-refractivity contribution in [3.05, 3.63) is 54.4 Å². The third kappa shape index (κ3) is 6.04. The van der Waals surface area contributed by atoms with Gasteiger partial charge in [0.1, 0.15) is 0 Å². The van der Waals surface area contributed by atoms with Crippen molar-refractivity contribution in [2.24, 2.45) is 0 Å². The first-order chi connectivity index (χ1) is 13.6. The number of nitrogens with one attached hydrogen (secondary N) is 1. The van der Waals surface area contributed by atoms with E-state index in [1.54, 1.807) is 0 Å². The SMILES string of the molecule is CC(C)OCCCNC(=O)CN1CC=C(c2cnn(-c3ccccc3)c2)CC1. The molecule has 1 N–H and O–H groups in total. The monoisotopic (exact) mass is 382 g/mol. The maximum atomic E-state index is 12.1. The number of ether oxygens (including phenoxy) is 1. The van der Waals surface area contributed by atoms with Gasteiger partial charge in [-0.05, 0) is 44.4 Å². The van der Waals surface area contributed by atoms with Gasteiger partial charge in [-0.25, -0.2) is 4.68 Å². The van der Waals surface area contributed by atoms with Gasteiger partial charge in [-0.1, -0.05) is 24.3 Å². The van der Waals surface area contributed by atoms with E-state index in [2.05, 4.69) is 27.6 Å². The molecule has 28 heavy (non-hydrogen) atoms. The Labute approximate surface area is 167 Å². The summed E-state index contributed by atoms with van der Waals surface area (Å²) >= 11 is 0. The van der Waals surface area contributed by atoms with Crippen LogP contribution in [0.15, 0.2) is 48.8 Å². The summed E-state index contributed by atoms with van der Waals surface area (Å²) < 4.78 is 7.38. The zero-order valence-corrected chi connectivity index (χ0v) is 16.8. The van der Waals surface area contributed by atoms with Crippen LogP contribution in [0.5, 0.6) is 0 Å². The molecule has 0 saturated carbocycles. The minimum Gasteiger partial charge on any atom is -0.379 e. The van der Waals surface area contributed by atoms with Crippen LogP contribution in [-0.2, 0) is 9.53 Å². The van der Waals surface area contributed by atoms with E-state index in [9.17, 15) is 4.79 Å². The molecule has 2 heterocycles. The summed E-state index contributed by atoms with van der Waals surface area (Å²) in [7, 11) is 0. The fourth-order valence-corrected chi connectivity index (χ4v) is 3.21. The topological polar surface area (TPSA) is 59.4 Å². The standard InChI is InChI=1S/C22H30N4O2/c1-18(2)28-14-6-11-23-22(27)17-25-12-9-19(10-13-25)20-15-24-26(16-20)21-7-4-3-5-8-21/h3-5,7-9,15-16,18H,6,10-14,17H2,1-2H3,(H,23,27). The van der Waals surface area contributed by atoms with Crippen LogP contribution in [0.4, 0.5) is 0 Å². The Hall–Kier alpha value is -2.44. The summed E-state index contributed by atoms with van der Waals surface area (Å²) in [6, 6.07) is 10.1. The second-order valence-corrected chi connectivity index (χ2v) is 7.35. The van der Waals surface area contributed by atoms with Crippen LogP contribution >= 0.6 is 0 Å². The van der Waals surface area contributed by atoms with Crippen LogP contribution < -0.4 is 5.32 Å². The zero-order valence-electron chi connectivity index (χ0n) is 16.8. The van der Waals surface area contributed by atoms with Crippen molar-refractivity contribution < 1.29 is 9.53 Å². The van der Waals surface area contributed by atoms with E-state index in [1.807, 2.05) is 55.1 Å². The normalized spacial score (nSPS) is 14.9. The Bertz CT molecular complexity index is 783. The number of aromatic nitrogens is 2. The van der Waals surface area contributed by atoms with Crippen molar-refractivity contribution in [2.75, 3.05) is 32.8 Å². The van der Waals surface area contributed by atoms with Crippen LogP contribution in [0.1, 0.15) is 32.3 Å². The lowest BCUT2D eigenvalue weighted by Crippen LogP contribution is -2.39. The molecule has 0 atom stereocenters. The molecule has 1 aromatic carbocycles. The van der Waals surface area contributed by atoms with Gasteiger partial charge in [0.25, 0.3) is 0 Å². The molecular weight excluding hydrogens is 352 g/mol. The van der Waals surface area contributed by atoms with Gasteiger partial charge >= 0.3 is 0 Å². The molecule has 0 radical (unpaired) electrons. The molecule has 6 nitrogen and oxygen atoms in total. The summed E-state index contributed by atoms with van der Waals surface area (Å²) in [6.45, 7) is 7.50. The van der Waals surface area contributed by atoms with Crippen LogP contribution in [0.25, 0.3) is 11.3 Å². The molecule has 1 aromatic heterocycles. The van der Waals surface area contributed by atoms with Crippen molar-refractivity contribution in [1.82, 2.24) is 20.0 Å². The third-order valence-electron chi connectivity index (χ3n) is 4.73. The maximum absolute atomic E-state index is 12.1. The number of amides is 1. The second-order valence-electron chi connectivity index (χ2n) is 7.35. The molecule has 3 rings (SSSR count). The first-order valence-electron chi connectivity index (χ1n) is 10.0. The average Bonchev–Trinajstić information content (AvgIpc) is 3.19. The van der Waals surface area contributed by atoms with Crippen LogP contribution in [0.2, 0.25) is 0 Å². The predicted octanol–water partition coefficient (Wildman–Crippen LogP) is 2.89. The minimum atomic E-state index is 0.0818. The van der Waals surface area contributed by atoms with Gasteiger partial charge in [0.2, 0.25) is 5.91 Å². The Morgan fingerprint density at radius 2 is 2.11 bits per heavy atom. The first kappa shape index (κ1) is 20.3. The molecule has 1 aliphatic rings. The van der Waals surface area contributed by atoms with Gasteiger partial charge in [-0.3, -0.25) is 9.69 Å². The van der Waals surface area contributed by atoms with Crippen molar-refractivity contribution in [3.63, 3.8) is 0 Å². The minimum absolute atomic E-state index is 0.0818.